The average molecular weight is 304 g/mol. The number of pyridine rings is 1. The van der Waals surface area contributed by atoms with Crippen molar-refractivity contribution in [1.82, 2.24) is 10.3 Å². The first-order valence-electron chi connectivity index (χ1n) is 6.97. The number of carbonyl (C=O) groups excluding carboxylic acids is 1. The number of piperidine rings is 1. The predicted octanol–water partition coefficient (Wildman–Crippen LogP) is 1.59. The van der Waals surface area contributed by atoms with Gasteiger partial charge in [0.1, 0.15) is 0 Å². The largest absolute Gasteiger partial charge is 0.329 e. The minimum absolute atomic E-state index is 0.0255. The van der Waals surface area contributed by atoms with E-state index in [1.165, 1.54) is 0 Å². The molecule has 1 saturated carbocycles. The molecule has 2 unspecified atom stereocenters. The number of carbonyl (C=O) groups is 1. The Hall–Kier alpha value is -1.85. The van der Waals surface area contributed by atoms with E-state index in [2.05, 4.69) is 15.6 Å². The Labute approximate surface area is 125 Å². The highest BCUT2D eigenvalue weighted by Gasteiger charge is 2.56. The summed E-state index contributed by atoms with van der Waals surface area (Å²) in [4.78, 5) is 26.6. The first-order chi connectivity index (χ1) is 10.1. The van der Waals surface area contributed by atoms with Gasteiger partial charge in [0, 0.05) is 17.5 Å². The average Bonchev–Trinajstić information content (AvgIpc) is 2.94. The second-order valence-corrected chi connectivity index (χ2v) is 6.13. The van der Waals surface area contributed by atoms with Gasteiger partial charge in [0.25, 0.3) is 5.56 Å². The smallest absolute Gasteiger partial charge is 0.255 e. The number of hydrogen-bond donors (Lipinski definition) is 3. The molecule has 1 aliphatic carbocycles. The van der Waals surface area contributed by atoms with Crippen molar-refractivity contribution < 1.29 is 4.79 Å². The van der Waals surface area contributed by atoms with E-state index in [0.29, 0.717) is 27.9 Å². The first-order valence-corrected chi connectivity index (χ1v) is 7.35. The Morgan fingerprint density at radius 1 is 1.29 bits per heavy atom. The third-order valence-corrected chi connectivity index (χ3v) is 4.83. The third kappa shape index (κ3) is 2.04. The van der Waals surface area contributed by atoms with Crippen LogP contribution in [0, 0.1) is 17.8 Å². The molecule has 2 aromatic rings. The van der Waals surface area contributed by atoms with E-state index in [-0.39, 0.29) is 17.4 Å². The van der Waals surface area contributed by atoms with Crippen LogP contribution >= 0.6 is 11.6 Å². The van der Waals surface area contributed by atoms with E-state index in [4.69, 9.17) is 11.6 Å². The maximum atomic E-state index is 12.3. The molecule has 0 spiro atoms. The van der Waals surface area contributed by atoms with Gasteiger partial charge in [0.15, 0.2) is 0 Å². The van der Waals surface area contributed by atoms with E-state index in [0.717, 1.165) is 18.5 Å². The van der Waals surface area contributed by atoms with Crippen molar-refractivity contribution in [2.75, 3.05) is 18.4 Å². The molecule has 1 amide bonds. The monoisotopic (exact) mass is 303 g/mol. The topological polar surface area (TPSA) is 74.0 Å². The van der Waals surface area contributed by atoms with Gasteiger partial charge in [-0.2, -0.15) is 0 Å². The van der Waals surface area contributed by atoms with Crippen molar-refractivity contribution in [1.29, 1.82) is 0 Å². The lowest BCUT2D eigenvalue weighted by Gasteiger charge is -2.10. The van der Waals surface area contributed by atoms with Crippen LogP contribution in [0.1, 0.15) is 0 Å². The van der Waals surface area contributed by atoms with Crippen LogP contribution in [-0.4, -0.2) is 24.0 Å². The summed E-state index contributed by atoms with van der Waals surface area (Å²) in [6.45, 7) is 1.84. The molecule has 6 heteroatoms. The van der Waals surface area contributed by atoms with Gasteiger partial charge in [-0.15, -0.1) is 0 Å². The van der Waals surface area contributed by atoms with Gasteiger partial charge in [-0.3, -0.25) is 9.59 Å². The van der Waals surface area contributed by atoms with Crippen molar-refractivity contribution in [2.24, 2.45) is 17.8 Å². The van der Waals surface area contributed by atoms with Crippen molar-refractivity contribution >= 4 is 34.0 Å². The molecule has 21 heavy (non-hydrogen) atoms. The van der Waals surface area contributed by atoms with Crippen LogP contribution in [-0.2, 0) is 4.79 Å². The number of H-pyrrole nitrogens is 1. The van der Waals surface area contributed by atoms with Crippen molar-refractivity contribution in [3.05, 3.63) is 39.8 Å². The fourth-order valence-electron chi connectivity index (χ4n) is 3.33. The fourth-order valence-corrected chi connectivity index (χ4v) is 3.54. The van der Waals surface area contributed by atoms with Crippen molar-refractivity contribution in [3.63, 3.8) is 0 Å². The van der Waals surface area contributed by atoms with Gasteiger partial charge in [0.05, 0.1) is 10.7 Å². The van der Waals surface area contributed by atoms with Crippen LogP contribution in [0.3, 0.4) is 0 Å². The Morgan fingerprint density at radius 3 is 2.81 bits per heavy atom. The first kappa shape index (κ1) is 12.9. The summed E-state index contributed by atoms with van der Waals surface area (Å²) >= 11 is 6.19. The predicted molar refractivity (Wildman–Crippen MR) is 81.5 cm³/mol. The molecule has 2 fully saturated rings. The number of anilines is 1. The number of benzene rings is 1. The quantitative estimate of drug-likeness (QED) is 0.788. The van der Waals surface area contributed by atoms with Gasteiger partial charge >= 0.3 is 0 Å². The molecule has 2 heterocycles. The number of amides is 1. The highest BCUT2D eigenvalue weighted by Crippen LogP contribution is 2.49. The summed E-state index contributed by atoms with van der Waals surface area (Å²) in [5.41, 5.74) is 0.382. The molecule has 1 saturated heterocycles. The Bertz CT molecular complexity index is 791. The molecule has 108 valence electrons. The molecule has 4 rings (SSSR count). The van der Waals surface area contributed by atoms with E-state index in [1.807, 2.05) is 0 Å². The van der Waals surface area contributed by atoms with E-state index in [9.17, 15) is 9.59 Å². The van der Waals surface area contributed by atoms with Crippen LogP contribution in [0.15, 0.2) is 29.2 Å². The summed E-state index contributed by atoms with van der Waals surface area (Å²) in [5.74, 6) is 1.05. The molecule has 1 aromatic heterocycles. The Kier molecular flexibility index (Phi) is 2.80. The van der Waals surface area contributed by atoms with Crippen LogP contribution < -0.4 is 16.2 Å². The number of nitrogens with one attached hydrogen (secondary N) is 3. The van der Waals surface area contributed by atoms with Crippen LogP contribution in [0.2, 0.25) is 5.02 Å². The van der Waals surface area contributed by atoms with Crippen LogP contribution in [0.4, 0.5) is 5.69 Å². The number of aromatic amines is 1. The second kappa shape index (κ2) is 4.58. The summed E-state index contributed by atoms with van der Waals surface area (Å²) < 4.78 is 0. The lowest BCUT2D eigenvalue weighted by atomic mass is 10.1. The van der Waals surface area contributed by atoms with Crippen molar-refractivity contribution in [3.8, 4) is 0 Å². The standard InChI is InChI=1S/C15H14ClN3O2/c16-11-4-8-7(1-2-18-14(8)20)3-12(11)19-15(21)13-9-5-17-6-10(9)13/h1-4,9-10,13,17H,5-6H2,(H,18,20)(H,19,21). The number of fused-ring (bicyclic) bond motifs is 2. The molecule has 1 aliphatic heterocycles. The molecule has 5 nitrogen and oxygen atoms in total. The summed E-state index contributed by atoms with van der Waals surface area (Å²) in [6.07, 6.45) is 1.58. The second-order valence-electron chi connectivity index (χ2n) is 5.73. The van der Waals surface area contributed by atoms with Gasteiger partial charge in [0.2, 0.25) is 5.91 Å². The number of aromatic nitrogens is 1. The maximum Gasteiger partial charge on any atom is 0.255 e. The Morgan fingerprint density at radius 2 is 2.05 bits per heavy atom. The zero-order valence-electron chi connectivity index (χ0n) is 11.2. The number of hydrogen-bond acceptors (Lipinski definition) is 3. The van der Waals surface area contributed by atoms with Gasteiger partial charge in [-0.25, -0.2) is 0 Å². The lowest BCUT2D eigenvalue weighted by molar-refractivity contribution is -0.118. The fraction of sp³-hybridized carbons (Fsp3) is 0.333. The highest BCUT2D eigenvalue weighted by molar-refractivity contribution is 6.34. The SMILES string of the molecule is O=C(Nc1cc2cc[nH]c(=O)c2cc1Cl)C1C2CNCC21. The molecule has 0 radical (unpaired) electrons. The minimum atomic E-state index is -0.185. The van der Waals surface area contributed by atoms with Gasteiger partial charge < -0.3 is 15.6 Å². The summed E-state index contributed by atoms with van der Waals surface area (Å²) in [5, 5.41) is 7.84. The molecule has 3 N–H and O–H groups in total. The molecule has 1 aromatic carbocycles. The van der Waals surface area contributed by atoms with Crippen LogP contribution in [0.5, 0.6) is 0 Å². The van der Waals surface area contributed by atoms with E-state index in [1.54, 1.807) is 24.4 Å². The van der Waals surface area contributed by atoms with E-state index >= 15 is 0 Å². The lowest BCUT2D eigenvalue weighted by Crippen LogP contribution is -2.23. The van der Waals surface area contributed by atoms with Crippen molar-refractivity contribution in [2.45, 2.75) is 0 Å². The highest BCUT2D eigenvalue weighted by atomic mass is 35.5. The Balaban J connectivity index is 1.63. The number of halogens is 1. The third-order valence-electron chi connectivity index (χ3n) is 4.51. The molecule has 0 bridgehead atoms. The zero-order valence-corrected chi connectivity index (χ0v) is 11.9. The van der Waals surface area contributed by atoms with Gasteiger partial charge in [-0.1, -0.05) is 11.6 Å². The maximum absolute atomic E-state index is 12.3. The molecular weight excluding hydrogens is 290 g/mol. The summed E-state index contributed by atoms with van der Waals surface area (Å²) in [7, 11) is 0. The van der Waals surface area contributed by atoms with Crippen LogP contribution in [0.25, 0.3) is 10.8 Å². The van der Waals surface area contributed by atoms with Gasteiger partial charge in [-0.05, 0) is 48.5 Å². The molecule has 2 aliphatic rings. The normalized spacial score (nSPS) is 26.6. The molecule has 2 atom stereocenters. The summed E-state index contributed by atoms with van der Waals surface area (Å²) in [6, 6.07) is 5.14. The minimum Gasteiger partial charge on any atom is -0.329 e. The molecular formula is C15H14ClN3O2. The number of rotatable bonds is 2. The zero-order chi connectivity index (χ0) is 14.6. The van der Waals surface area contributed by atoms with E-state index < -0.39 is 0 Å².